The molecule has 2 aliphatic heterocycles. The van der Waals surface area contributed by atoms with Gasteiger partial charge in [-0.3, -0.25) is 9.36 Å². The van der Waals surface area contributed by atoms with Crippen LogP contribution in [0.15, 0.2) is 36.8 Å². The Kier molecular flexibility index (Phi) is 3.84. The fourth-order valence-corrected chi connectivity index (χ4v) is 3.83. The second-order valence-electron chi connectivity index (χ2n) is 6.84. The summed E-state index contributed by atoms with van der Waals surface area (Å²) in [6, 6.07) is 6.09. The largest absolute Gasteiger partial charge is 0.337 e. The van der Waals surface area contributed by atoms with Crippen LogP contribution in [0, 0.1) is 11.2 Å². The lowest BCUT2D eigenvalue weighted by molar-refractivity contribution is 0.0600. The molecule has 2 saturated heterocycles. The van der Waals surface area contributed by atoms with E-state index in [0.717, 1.165) is 44.7 Å². The summed E-state index contributed by atoms with van der Waals surface area (Å²) in [5, 5.41) is 3.44. The molecule has 1 amide bonds. The summed E-state index contributed by atoms with van der Waals surface area (Å²) in [6.07, 6.45) is 6.51. The lowest BCUT2D eigenvalue weighted by Gasteiger charge is -2.38. The van der Waals surface area contributed by atoms with E-state index >= 15 is 0 Å². The summed E-state index contributed by atoms with van der Waals surface area (Å²) in [5.41, 5.74) is 1.65. The van der Waals surface area contributed by atoms with Gasteiger partial charge < -0.3 is 10.2 Å². The van der Waals surface area contributed by atoms with Gasteiger partial charge in [0.2, 0.25) is 0 Å². The molecule has 0 atom stereocenters. The van der Waals surface area contributed by atoms with Gasteiger partial charge in [-0.1, -0.05) is 0 Å². The van der Waals surface area contributed by atoms with Gasteiger partial charge in [-0.15, -0.1) is 0 Å². The number of rotatable bonds is 2. The van der Waals surface area contributed by atoms with Crippen LogP contribution in [0.25, 0.3) is 5.69 Å². The van der Waals surface area contributed by atoms with Crippen molar-refractivity contribution in [2.45, 2.75) is 19.3 Å². The minimum absolute atomic E-state index is 0.00219. The smallest absolute Gasteiger partial charge is 0.272 e. The molecule has 0 saturated carbocycles. The molecule has 0 radical (unpaired) electrons. The summed E-state index contributed by atoms with van der Waals surface area (Å²) in [6.45, 7) is 3.73. The second-order valence-corrected chi connectivity index (χ2v) is 6.84. The monoisotopic (exact) mass is 328 g/mol. The first-order chi connectivity index (χ1) is 11.7. The molecule has 1 aromatic heterocycles. The van der Waals surface area contributed by atoms with E-state index in [1.165, 1.54) is 18.6 Å². The zero-order chi connectivity index (χ0) is 16.6. The first kappa shape index (κ1) is 15.3. The van der Waals surface area contributed by atoms with Crippen LogP contribution in [-0.2, 0) is 0 Å². The molecule has 2 aliphatic rings. The fraction of sp³-hybridized carbons (Fsp3) is 0.444. The van der Waals surface area contributed by atoms with Crippen LogP contribution in [0.2, 0.25) is 0 Å². The molecule has 6 heteroatoms. The van der Waals surface area contributed by atoms with Crippen molar-refractivity contribution >= 4 is 5.91 Å². The van der Waals surface area contributed by atoms with Gasteiger partial charge in [-0.05, 0) is 55.5 Å². The first-order valence-corrected chi connectivity index (χ1v) is 8.45. The lowest BCUT2D eigenvalue weighted by Crippen LogP contribution is -2.44. The number of likely N-dealkylation sites (tertiary alicyclic amines) is 1. The Balaban J connectivity index is 1.51. The van der Waals surface area contributed by atoms with Crippen molar-refractivity contribution in [3.8, 4) is 5.69 Å². The number of amides is 1. The van der Waals surface area contributed by atoms with Gasteiger partial charge in [0.15, 0.2) is 0 Å². The molecular weight excluding hydrogens is 307 g/mol. The van der Waals surface area contributed by atoms with Crippen molar-refractivity contribution in [2.24, 2.45) is 5.41 Å². The molecule has 0 bridgehead atoms. The lowest BCUT2D eigenvalue weighted by atomic mass is 9.78. The highest BCUT2D eigenvalue weighted by Crippen LogP contribution is 2.37. The molecule has 24 heavy (non-hydrogen) atoms. The Labute approximate surface area is 140 Å². The molecule has 2 aromatic rings. The van der Waals surface area contributed by atoms with Crippen LogP contribution in [0.1, 0.15) is 29.8 Å². The van der Waals surface area contributed by atoms with Gasteiger partial charge >= 0.3 is 0 Å². The van der Waals surface area contributed by atoms with Crippen LogP contribution < -0.4 is 5.32 Å². The Morgan fingerprint density at radius 3 is 2.58 bits per heavy atom. The van der Waals surface area contributed by atoms with E-state index in [1.807, 2.05) is 4.90 Å². The SMILES string of the molecule is O=C(c1cncn1-c1ccc(F)cc1)N1CCC2(CCNC2)CC1. The maximum absolute atomic E-state index is 13.1. The number of imidazole rings is 1. The van der Waals surface area contributed by atoms with E-state index in [-0.39, 0.29) is 11.7 Å². The summed E-state index contributed by atoms with van der Waals surface area (Å²) in [4.78, 5) is 18.9. The number of nitrogens with one attached hydrogen (secondary N) is 1. The molecule has 5 nitrogen and oxygen atoms in total. The highest BCUT2D eigenvalue weighted by atomic mass is 19.1. The van der Waals surface area contributed by atoms with Crippen LogP contribution in [-0.4, -0.2) is 46.5 Å². The van der Waals surface area contributed by atoms with Crippen molar-refractivity contribution in [1.29, 1.82) is 0 Å². The van der Waals surface area contributed by atoms with Gasteiger partial charge in [-0.2, -0.15) is 0 Å². The van der Waals surface area contributed by atoms with E-state index in [9.17, 15) is 9.18 Å². The Morgan fingerprint density at radius 2 is 1.92 bits per heavy atom. The third-order valence-corrected chi connectivity index (χ3v) is 5.41. The molecule has 4 rings (SSSR count). The molecular formula is C18H21FN4O. The topological polar surface area (TPSA) is 50.2 Å². The van der Waals surface area contributed by atoms with Crippen LogP contribution in [0.5, 0.6) is 0 Å². The first-order valence-electron chi connectivity index (χ1n) is 8.45. The summed E-state index contributed by atoms with van der Waals surface area (Å²) < 4.78 is 14.8. The van der Waals surface area contributed by atoms with Gasteiger partial charge in [-0.25, -0.2) is 9.37 Å². The number of aromatic nitrogens is 2. The minimum Gasteiger partial charge on any atom is -0.337 e. The molecule has 2 fully saturated rings. The Bertz CT molecular complexity index is 724. The van der Waals surface area contributed by atoms with Crippen LogP contribution >= 0.6 is 0 Å². The third kappa shape index (κ3) is 2.71. The Morgan fingerprint density at radius 1 is 1.17 bits per heavy atom. The van der Waals surface area contributed by atoms with E-state index < -0.39 is 0 Å². The normalized spacial score (nSPS) is 19.8. The van der Waals surface area contributed by atoms with Crippen molar-refractivity contribution in [3.63, 3.8) is 0 Å². The number of piperidine rings is 1. The number of carbonyl (C=O) groups is 1. The molecule has 1 spiro atoms. The van der Waals surface area contributed by atoms with Crippen molar-refractivity contribution in [1.82, 2.24) is 19.8 Å². The predicted molar refractivity (Wildman–Crippen MR) is 88.6 cm³/mol. The van der Waals surface area contributed by atoms with Gasteiger partial charge in [0.1, 0.15) is 11.5 Å². The van der Waals surface area contributed by atoms with Crippen LogP contribution in [0.3, 0.4) is 0 Å². The average Bonchev–Trinajstić information content (AvgIpc) is 3.26. The molecule has 1 N–H and O–H groups in total. The molecule has 3 heterocycles. The average molecular weight is 328 g/mol. The number of hydrogen-bond acceptors (Lipinski definition) is 3. The van der Waals surface area contributed by atoms with Crippen molar-refractivity contribution in [3.05, 3.63) is 48.3 Å². The van der Waals surface area contributed by atoms with E-state index in [4.69, 9.17) is 0 Å². The third-order valence-electron chi connectivity index (χ3n) is 5.41. The number of nitrogens with zero attached hydrogens (tertiary/aromatic N) is 3. The summed E-state index contributed by atoms with van der Waals surface area (Å²) >= 11 is 0. The maximum Gasteiger partial charge on any atom is 0.272 e. The number of halogens is 1. The predicted octanol–water partition coefficient (Wildman–Crippen LogP) is 2.23. The quantitative estimate of drug-likeness (QED) is 0.920. The van der Waals surface area contributed by atoms with Gasteiger partial charge in [0, 0.05) is 25.3 Å². The van der Waals surface area contributed by atoms with E-state index in [2.05, 4.69) is 10.3 Å². The molecule has 1 aromatic carbocycles. The molecule has 0 aliphatic carbocycles. The minimum atomic E-state index is -0.293. The molecule has 0 unspecified atom stereocenters. The second kappa shape index (κ2) is 6.02. The highest BCUT2D eigenvalue weighted by molar-refractivity contribution is 5.93. The zero-order valence-electron chi connectivity index (χ0n) is 13.5. The Hall–Kier alpha value is -2.21. The maximum atomic E-state index is 13.1. The van der Waals surface area contributed by atoms with E-state index in [0.29, 0.717) is 11.1 Å². The van der Waals surface area contributed by atoms with Gasteiger partial charge in [0.25, 0.3) is 5.91 Å². The summed E-state index contributed by atoms with van der Waals surface area (Å²) in [5.74, 6) is -0.295. The molecule has 126 valence electrons. The fourth-order valence-electron chi connectivity index (χ4n) is 3.83. The standard InChI is InChI=1S/C18H21FN4O/c19-14-1-3-15(4-2-14)23-13-21-11-16(23)17(24)22-9-6-18(7-10-22)5-8-20-12-18/h1-4,11,13,20H,5-10,12H2. The van der Waals surface area contributed by atoms with E-state index in [1.54, 1.807) is 29.2 Å². The summed E-state index contributed by atoms with van der Waals surface area (Å²) in [7, 11) is 0. The number of benzene rings is 1. The number of hydrogen-bond donors (Lipinski definition) is 1. The van der Waals surface area contributed by atoms with Crippen LogP contribution in [0.4, 0.5) is 4.39 Å². The van der Waals surface area contributed by atoms with Crippen molar-refractivity contribution in [2.75, 3.05) is 26.2 Å². The number of carbonyl (C=O) groups excluding carboxylic acids is 1. The zero-order valence-corrected chi connectivity index (χ0v) is 13.5. The van der Waals surface area contributed by atoms with Gasteiger partial charge in [0.05, 0.1) is 12.5 Å². The van der Waals surface area contributed by atoms with Crippen molar-refractivity contribution < 1.29 is 9.18 Å². The highest BCUT2D eigenvalue weighted by Gasteiger charge is 2.38.